The van der Waals surface area contributed by atoms with Crippen molar-refractivity contribution in [2.45, 2.75) is 32.4 Å². The van der Waals surface area contributed by atoms with Gasteiger partial charge in [0.25, 0.3) is 0 Å². The molecule has 1 aliphatic rings. The van der Waals surface area contributed by atoms with Crippen LogP contribution in [0.15, 0.2) is 18.2 Å². The Balaban J connectivity index is 1.93. The number of nitrogen functional groups attached to an aromatic ring is 1. The average Bonchev–Trinajstić information content (AvgIpc) is 2.81. The first-order valence-electron chi connectivity index (χ1n) is 7.06. The van der Waals surface area contributed by atoms with E-state index in [1.54, 1.807) is 0 Å². The summed E-state index contributed by atoms with van der Waals surface area (Å²) in [6.45, 7) is 6.59. The summed E-state index contributed by atoms with van der Waals surface area (Å²) in [7, 11) is 2.16. The number of nitrogens with zero attached hydrogens (tertiary/aromatic N) is 2. The summed E-state index contributed by atoms with van der Waals surface area (Å²) >= 11 is 6.22. The summed E-state index contributed by atoms with van der Waals surface area (Å²) in [6, 6.07) is 6.40. The van der Waals surface area contributed by atoms with Crippen LogP contribution in [0.3, 0.4) is 0 Å². The van der Waals surface area contributed by atoms with Gasteiger partial charge in [-0.25, -0.2) is 0 Å². The van der Waals surface area contributed by atoms with Gasteiger partial charge >= 0.3 is 0 Å². The summed E-state index contributed by atoms with van der Waals surface area (Å²) in [5.74, 6) is 0. The van der Waals surface area contributed by atoms with Crippen molar-refractivity contribution in [1.29, 1.82) is 0 Å². The van der Waals surface area contributed by atoms with E-state index < -0.39 is 0 Å². The molecule has 0 spiro atoms. The molecule has 1 atom stereocenters. The molecule has 0 saturated carbocycles. The molecule has 1 heterocycles. The van der Waals surface area contributed by atoms with Gasteiger partial charge in [0.05, 0.1) is 0 Å². The third-order valence-corrected chi connectivity index (χ3v) is 4.31. The minimum Gasteiger partial charge on any atom is -0.399 e. The van der Waals surface area contributed by atoms with E-state index in [0.29, 0.717) is 6.04 Å². The lowest BCUT2D eigenvalue weighted by atomic mass is 10.1. The Kier molecular flexibility index (Phi) is 5.08. The summed E-state index contributed by atoms with van der Waals surface area (Å²) in [6.07, 6.45) is 2.63. The van der Waals surface area contributed by atoms with Gasteiger partial charge in [0.2, 0.25) is 0 Å². The van der Waals surface area contributed by atoms with Crippen LogP contribution in [0, 0.1) is 0 Å². The molecule has 4 heteroatoms. The van der Waals surface area contributed by atoms with Crippen LogP contribution in [0.2, 0.25) is 5.02 Å². The zero-order valence-corrected chi connectivity index (χ0v) is 12.7. The molecule has 1 unspecified atom stereocenters. The first-order chi connectivity index (χ1) is 9.10. The summed E-state index contributed by atoms with van der Waals surface area (Å²) in [4.78, 5) is 4.91. The van der Waals surface area contributed by atoms with Crippen molar-refractivity contribution in [2.75, 3.05) is 32.4 Å². The van der Waals surface area contributed by atoms with Gasteiger partial charge in [-0.1, -0.05) is 18.5 Å². The molecule has 19 heavy (non-hydrogen) atoms. The van der Waals surface area contributed by atoms with Gasteiger partial charge in [-0.15, -0.1) is 0 Å². The molecule has 0 aliphatic carbocycles. The molecule has 0 bridgehead atoms. The van der Waals surface area contributed by atoms with Crippen LogP contribution in [-0.2, 0) is 6.54 Å². The molecule has 0 aromatic heterocycles. The average molecular weight is 282 g/mol. The third-order valence-electron chi connectivity index (χ3n) is 3.94. The highest BCUT2D eigenvalue weighted by molar-refractivity contribution is 6.31. The van der Waals surface area contributed by atoms with Gasteiger partial charge in [-0.05, 0) is 56.7 Å². The second-order valence-corrected chi connectivity index (χ2v) is 5.88. The molecule has 106 valence electrons. The Hall–Kier alpha value is -0.770. The number of halogens is 1. The van der Waals surface area contributed by atoms with Crippen molar-refractivity contribution in [1.82, 2.24) is 9.80 Å². The maximum absolute atomic E-state index is 6.22. The summed E-state index contributed by atoms with van der Waals surface area (Å²) < 4.78 is 0. The zero-order valence-electron chi connectivity index (χ0n) is 11.9. The fourth-order valence-electron chi connectivity index (χ4n) is 2.95. The van der Waals surface area contributed by atoms with E-state index >= 15 is 0 Å². The molecule has 1 aromatic rings. The Morgan fingerprint density at radius 2 is 2.26 bits per heavy atom. The molecule has 2 N–H and O–H groups in total. The van der Waals surface area contributed by atoms with Gasteiger partial charge in [-0.2, -0.15) is 0 Å². The van der Waals surface area contributed by atoms with Crippen LogP contribution >= 0.6 is 11.6 Å². The van der Waals surface area contributed by atoms with Crippen LogP contribution < -0.4 is 5.73 Å². The van der Waals surface area contributed by atoms with E-state index in [2.05, 4.69) is 23.8 Å². The lowest BCUT2D eigenvalue weighted by Gasteiger charge is -2.28. The van der Waals surface area contributed by atoms with Crippen LogP contribution in [-0.4, -0.2) is 42.5 Å². The van der Waals surface area contributed by atoms with Crippen molar-refractivity contribution in [2.24, 2.45) is 0 Å². The number of benzene rings is 1. The monoisotopic (exact) mass is 281 g/mol. The number of anilines is 1. The highest BCUT2D eigenvalue weighted by Crippen LogP contribution is 2.22. The van der Waals surface area contributed by atoms with Crippen LogP contribution in [0.4, 0.5) is 5.69 Å². The highest BCUT2D eigenvalue weighted by atomic mass is 35.5. The van der Waals surface area contributed by atoms with Gasteiger partial charge in [0.15, 0.2) is 0 Å². The minimum absolute atomic E-state index is 0.690. The van der Waals surface area contributed by atoms with Gasteiger partial charge in [0, 0.05) is 29.8 Å². The molecule has 1 saturated heterocycles. The van der Waals surface area contributed by atoms with E-state index in [1.165, 1.54) is 19.4 Å². The van der Waals surface area contributed by atoms with Crippen LogP contribution in [0.25, 0.3) is 0 Å². The van der Waals surface area contributed by atoms with E-state index in [4.69, 9.17) is 17.3 Å². The first-order valence-corrected chi connectivity index (χ1v) is 7.44. The lowest BCUT2D eigenvalue weighted by Crippen LogP contribution is -2.38. The van der Waals surface area contributed by atoms with E-state index in [1.807, 2.05) is 18.2 Å². The Morgan fingerprint density at radius 1 is 1.47 bits per heavy atom. The highest BCUT2D eigenvalue weighted by Gasteiger charge is 2.24. The van der Waals surface area contributed by atoms with Crippen LogP contribution in [0.5, 0.6) is 0 Å². The zero-order chi connectivity index (χ0) is 13.8. The number of likely N-dealkylation sites (N-methyl/N-ethyl adjacent to an activating group) is 2. The smallest absolute Gasteiger partial charge is 0.0452 e. The predicted molar refractivity (Wildman–Crippen MR) is 82.5 cm³/mol. The number of hydrogen-bond acceptors (Lipinski definition) is 3. The number of nitrogens with two attached hydrogens (primary N) is 1. The molecule has 1 fully saturated rings. The fraction of sp³-hybridized carbons (Fsp3) is 0.600. The number of rotatable bonds is 5. The van der Waals surface area contributed by atoms with Gasteiger partial charge < -0.3 is 10.6 Å². The maximum atomic E-state index is 6.22. The number of hydrogen-bond donors (Lipinski definition) is 1. The van der Waals surface area contributed by atoms with Crippen molar-refractivity contribution < 1.29 is 0 Å². The van der Waals surface area contributed by atoms with E-state index in [0.717, 1.165) is 35.9 Å². The number of likely N-dealkylation sites (tertiary alicyclic amines) is 1. The first kappa shape index (κ1) is 14.6. The summed E-state index contributed by atoms with van der Waals surface area (Å²) in [5.41, 5.74) is 7.72. The van der Waals surface area contributed by atoms with Crippen LogP contribution in [0.1, 0.15) is 25.3 Å². The Morgan fingerprint density at radius 3 is 3.00 bits per heavy atom. The third kappa shape index (κ3) is 3.85. The van der Waals surface area contributed by atoms with Crippen molar-refractivity contribution in [3.8, 4) is 0 Å². The van der Waals surface area contributed by atoms with Crippen molar-refractivity contribution in [3.05, 3.63) is 28.8 Å². The topological polar surface area (TPSA) is 32.5 Å². The Bertz CT molecular complexity index is 422. The second-order valence-electron chi connectivity index (χ2n) is 5.47. The molecule has 1 aliphatic heterocycles. The van der Waals surface area contributed by atoms with Gasteiger partial charge in [-0.3, -0.25) is 4.90 Å². The molecule has 3 nitrogen and oxygen atoms in total. The molecular formula is C15H24ClN3. The molecule has 0 radical (unpaired) electrons. The lowest BCUT2D eigenvalue weighted by molar-refractivity contribution is 0.195. The SMILES string of the molecule is CCN1CCCC1CN(C)Cc1cc(N)ccc1Cl. The quantitative estimate of drug-likeness (QED) is 0.843. The molecular weight excluding hydrogens is 258 g/mol. The predicted octanol–water partition coefficient (Wildman–Crippen LogP) is 2.84. The molecule has 2 rings (SSSR count). The minimum atomic E-state index is 0.690. The largest absolute Gasteiger partial charge is 0.399 e. The van der Waals surface area contributed by atoms with E-state index in [-0.39, 0.29) is 0 Å². The normalized spacial score (nSPS) is 20.3. The standard InChI is InChI=1S/C15H24ClN3/c1-3-19-8-4-5-14(19)11-18(2)10-12-9-13(17)6-7-15(12)16/h6-7,9,14H,3-5,8,10-11,17H2,1-2H3. The second kappa shape index (κ2) is 6.60. The fourth-order valence-corrected chi connectivity index (χ4v) is 3.13. The van der Waals surface area contributed by atoms with E-state index in [9.17, 15) is 0 Å². The maximum Gasteiger partial charge on any atom is 0.0452 e. The molecule has 1 aromatic carbocycles. The molecule has 0 amide bonds. The summed E-state index contributed by atoms with van der Waals surface area (Å²) in [5, 5.41) is 0.805. The van der Waals surface area contributed by atoms with Crippen molar-refractivity contribution >= 4 is 17.3 Å². The Labute approximate surface area is 121 Å². The van der Waals surface area contributed by atoms with Gasteiger partial charge in [0.1, 0.15) is 0 Å². The van der Waals surface area contributed by atoms with Crippen molar-refractivity contribution in [3.63, 3.8) is 0 Å².